The quantitative estimate of drug-likeness (QED) is 0.451. The van der Waals surface area contributed by atoms with Gasteiger partial charge in [-0.1, -0.05) is 26.2 Å². The number of anilines is 1. The molecule has 0 bridgehead atoms. The first-order chi connectivity index (χ1) is 9.72. The molecule has 2 rings (SSSR count). The van der Waals surface area contributed by atoms with Crippen LogP contribution in [0.5, 0.6) is 0 Å². The number of hydrogen-bond donors (Lipinski definition) is 1. The SMILES string of the molecule is CCCCCCc1ccsc1C(C)Sc1sccc1N. The van der Waals surface area contributed by atoms with Gasteiger partial charge < -0.3 is 5.73 Å². The Kier molecular flexibility index (Phi) is 6.46. The van der Waals surface area contributed by atoms with Crippen molar-refractivity contribution in [2.24, 2.45) is 0 Å². The van der Waals surface area contributed by atoms with Crippen LogP contribution in [0.4, 0.5) is 5.69 Å². The zero-order valence-corrected chi connectivity index (χ0v) is 14.7. The van der Waals surface area contributed by atoms with Crippen LogP contribution in [-0.2, 0) is 6.42 Å². The normalized spacial score (nSPS) is 12.7. The van der Waals surface area contributed by atoms with Crippen LogP contribution in [0.15, 0.2) is 27.1 Å². The minimum absolute atomic E-state index is 0.497. The van der Waals surface area contributed by atoms with Crippen LogP contribution in [0.3, 0.4) is 0 Å². The summed E-state index contributed by atoms with van der Waals surface area (Å²) in [5.41, 5.74) is 8.45. The first-order valence-corrected chi connectivity index (χ1v) is 9.92. The van der Waals surface area contributed by atoms with Crippen LogP contribution in [0.2, 0.25) is 0 Å². The molecular weight excluding hydrogens is 302 g/mol. The summed E-state index contributed by atoms with van der Waals surface area (Å²) in [6.07, 6.45) is 6.56. The van der Waals surface area contributed by atoms with E-state index >= 15 is 0 Å². The summed E-state index contributed by atoms with van der Waals surface area (Å²) in [5.74, 6) is 0. The molecule has 0 spiro atoms. The zero-order valence-electron chi connectivity index (χ0n) is 12.2. The lowest BCUT2D eigenvalue weighted by molar-refractivity contribution is 0.666. The lowest BCUT2D eigenvalue weighted by atomic mass is 10.1. The van der Waals surface area contributed by atoms with Gasteiger partial charge >= 0.3 is 0 Å². The molecule has 2 heterocycles. The predicted octanol–water partition coefficient (Wildman–Crippen LogP) is 6.37. The Labute approximate surface area is 134 Å². The maximum Gasteiger partial charge on any atom is 0.0834 e. The molecule has 0 fully saturated rings. The van der Waals surface area contributed by atoms with Gasteiger partial charge in [-0.2, -0.15) is 0 Å². The summed E-state index contributed by atoms with van der Waals surface area (Å²) in [5, 5.41) is 4.81. The van der Waals surface area contributed by atoms with E-state index in [2.05, 4.69) is 30.7 Å². The molecule has 1 atom stereocenters. The van der Waals surface area contributed by atoms with Crippen LogP contribution in [0.25, 0.3) is 0 Å². The number of thioether (sulfide) groups is 1. The van der Waals surface area contributed by atoms with Crippen LogP contribution in [-0.4, -0.2) is 0 Å². The van der Waals surface area contributed by atoms with Gasteiger partial charge in [-0.15, -0.1) is 34.4 Å². The molecule has 0 aliphatic rings. The topological polar surface area (TPSA) is 26.0 Å². The Bertz CT molecular complexity index is 515. The summed E-state index contributed by atoms with van der Waals surface area (Å²) < 4.78 is 1.25. The van der Waals surface area contributed by atoms with Crippen molar-refractivity contribution in [1.29, 1.82) is 0 Å². The average molecular weight is 326 g/mol. The highest BCUT2D eigenvalue weighted by Crippen LogP contribution is 2.43. The Morgan fingerprint density at radius 3 is 2.65 bits per heavy atom. The number of rotatable bonds is 8. The first-order valence-electron chi connectivity index (χ1n) is 7.28. The maximum atomic E-state index is 5.99. The van der Waals surface area contributed by atoms with Crippen molar-refractivity contribution >= 4 is 40.1 Å². The molecule has 2 aromatic rings. The summed E-state index contributed by atoms with van der Waals surface area (Å²) in [4.78, 5) is 1.53. The van der Waals surface area contributed by atoms with E-state index in [1.54, 1.807) is 16.9 Å². The molecule has 20 heavy (non-hydrogen) atoms. The summed E-state index contributed by atoms with van der Waals surface area (Å²) in [7, 11) is 0. The molecule has 0 saturated heterocycles. The molecule has 0 saturated carbocycles. The lowest BCUT2D eigenvalue weighted by Gasteiger charge is -2.12. The van der Waals surface area contributed by atoms with Crippen molar-refractivity contribution in [2.45, 2.75) is 55.4 Å². The van der Waals surface area contributed by atoms with Crippen molar-refractivity contribution in [3.8, 4) is 0 Å². The Morgan fingerprint density at radius 1 is 1.15 bits per heavy atom. The van der Waals surface area contributed by atoms with E-state index in [9.17, 15) is 0 Å². The number of hydrogen-bond acceptors (Lipinski definition) is 4. The van der Waals surface area contributed by atoms with Gasteiger partial charge in [0, 0.05) is 10.1 Å². The van der Waals surface area contributed by atoms with Crippen LogP contribution in [0, 0.1) is 0 Å². The van der Waals surface area contributed by atoms with Crippen LogP contribution >= 0.6 is 34.4 Å². The van der Waals surface area contributed by atoms with Crippen molar-refractivity contribution in [1.82, 2.24) is 0 Å². The van der Waals surface area contributed by atoms with Crippen molar-refractivity contribution in [3.05, 3.63) is 33.3 Å². The van der Waals surface area contributed by atoms with Crippen molar-refractivity contribution in [2.75, 3.05) is 5.73 Å². The van der Waals surface area contributed by atoms with E-state index in [4.69, 9.17) is 5.73 Å². The van der Waals surface area contributed by atoms with Gasteiger partial charge in [-0.3, -0.25) is 0 Å². The number of unbranched alkanes of at least 4 members (excludes halogenated alkanes) is 3. The standard InChI is InChI=1S/C16H23NS3/c1-3-4-5-6-7-13-8-10-18-15(13)12(2)20-16-14(17)9-11-19-16/h8-12H,3-7,17H2,1-2H3. The van der Waals surface area contributed by atoms with E-state index < -0.39 is 0 Å². The average Bonchev–Trinajstić information content (AvgIpc) is 3.05. The van der Waals surface area contributed by atoms with Crippen LogP contribution < -0.4 is 5.73 Å². The van der Waals surface area contributed by atoms with Gasteiger partial charge in [0.25, 0.3) is 0 Å². The van der Waals surface area contributed by atoms with E-state index in [0.29, 0.717) is 5.25 Å². The zero-order chi connectivity index (χ0) is 14.4. The van der Waals surface area contributed by atoms with Gasteiger partial charge in [-0.05, 0) is 48.2 Å². The Hall–Kier alpha value is -0.450. The second kappa shape index (κ2) is 8.11. The van der Waals surface area contributed by atoms with Crippen LogP contribution in [0.1, 0.15) is 55.2 Å². The number of aryl methyl sites for hydroxylation is 1. The second-order valence-electron chi connectivity index (χ2n) is 5.04. The Balaban J connectivity index is 1.94. The molecule has 0 amide bonds. The minimum atomic E-state index is 0.497. The van der Waals surface area contributed by atoms with Gasteiger partial charge in [-0.25, -0.2) is 0 Å². The molecule has 110 valence electrons. The summed E-state index contributed by atoms with van der Waals surface area (Å²) in [6.45, 7) is 4.56. The van der Waals surface area contributed by atoms with E-state index in [1.165, 1.54) is 41.2 Å². The third-order valence-corrected chi connectivity index (χ3v) is 7.02. The fraction of sp³-hybridized carbons (Fsp3) is 0.500. The molecule has 0 aromatic carbocycles. The lowest BCUT2D eigenvalue weighted by Crippen LogP contribution is -1.93. The fourth-order valence-electron chi connectivity index (χ4n) is 2.27. The van der Waals surface area contributed by atoms with Gasteiger partial charge in [0.05, 0.1) is 9.90 Å². The number of nitrogen functional groups attached to an aromatic ring is 1. The molecule has 4 heteroatoms. The van der Waals surface area contributed by atoms with Gasteiger partial charge in [0.2, 0.25) is 0 Å². The van der Waals surface area contributed by atoms with Crippen molar-refractivity contribution in [3.63, 3.8) is 0 Å². The molecule has 2 N–H and O–H groups in total. The summed E-state index contributed by atoms with van der Waals surface area (Å²) in [6, 6.07) is 4.31. The highest BCUT2D eigenvalue weighted by molar-refractivity contribution is 8.01. The van der Waals surface area contributed by atoms with Crippen molar-refractivity contribution < 1.29 is 0 Å². The molecule has 0 aliphatic heterocycles. The van der Waals surface area contributed by atoms with Gasteiger partial charge in [0.15, 0.2) is 0 Å². The molecule has 0 aliphatic carbocycles. The Morgan fingerprint density at radius 2 is 1.95 bits per heavy atom. The molecule has 0 radical (unpaired) electrons. The molecule has 2 aromatic heterocycles. The van der Waals surface area contributed by atoms with E-state index in [0.717, 1.165) is 5.69 Å². The maximum absolute atomic E-state index is 5.99. The largest absolute Gasteiger partial charge is 0.397 e. The third kappa shape index (κ3) is 4.27. The third-order valence-electron chi connectivity index (χ3n) is 3.39. The monoisotopic (exact) mass is 325 g/mol. The smallest absolute Gasteiger partial charge is 0.0834 e. The molecule has 1 unspecified atom stereocenters. The highest BCUT2D eigenvalue weighted by atomic mass is 32.2. The number of nitrogens with two attached hydrogens (primary N) is 1. The first kappa shape index (κ1) is 15.9. The predicted molar refractivity (Wildman–Crippen MR) is 95.2 cm³/mol. The second-order valence-corrected chi connectivity index (χ2v) is 8.52. The summed E-state index contributed by atoms with van der Waals surface area (Å²) >= 11 is 5.54. The number of thiophene rings is 2. The van der Waals surface area contributed by atoms with E-state index in [-0.39, 0.29) is 0 Å². The fourth-order valence-corrected chi connectivity index (χ4v) is 5.62. The van der Waals surface area contributed by atoms with E-state index in [1.807, 2.05) is 29.2 Å². The minimum Gasteiger partial charge on any atom is -0.397 e. The van der Waals surface area contributed by atoms with Gasteiger partial charge in [0.1, 0.15) is 0 Å². The highest BCUT2D eigenvalue weighted by Gasteiger charge is 2.15. The molecular formula is C16H23NS3. The molecule has 1 nitrogen and oxygen atoms in total.